The van der Waals surface area contributed by atoms with Crippen molar-refractivity contribution < 1.29 is 29.7 Å². The second-order valence-electron chi connectivity index (χ2n) is 8.89. The van der Waals surface area contributed by atoms with Crippen molar-refractivity contribution in [3.63, 3.8) is 0 Å². The normalized spacial score (nSPS) is 14.3. The Hall–Kier alpha value is -3.65. The van der Waals surface area contributed by atoms with Gasteiger partial charge >= 0.3 is 0 Å². The molecule has 0 fully saturated rings. The maximum Gasteiger partial charge on any atom is 0.0346 e. The summed E-state index contributed by atoms with van der Waals surface area (Å²) in [7, 11) is 0. The number of fused-ring (bicyclic) bond motifs is 3. The van der Waals surface area contributed by atoms with Gasteiger partial charge in [-0.15, -0.1) is 59.7 Å². The third-order valence-electron chi connectivity index (χ3n) is 6.22. The van der Waals surface area contributed by atoms with E-state index in [2.05, 4.69) is 22.1 Å². The third-order valence-corrected chi connectivity index (χ3v) is 6.22. The zero-order valence-corrected chi connectivity index (χ0v) is 23.4. The maximum atomic E-state index is 8.29. The van der Waals surface area contributed by atoms with Crippen molar-refractivity contribution >= 4 is 21.5 Å². The first kappa shape index (κ1) is 19.4. The van der Waals surface area contributed by atoms with Crippen LogP contribution in [-0.2, 0) is 20.1 Å². The van der Waals surface area contributed by atoms with Gasteiger partial charge < -0.3 is 9.97 Å². The number of hydrogen-bond donors (Lipinski definition) is 0. The SMILES string of the molecule is [2H]C([2H])([2H])c1c(C([2H])([2H])[2H])c2ccccc2c2c[c-]c(-c3cc(C([2H])(C)C)ccn3)cc12.[Ir].[c-]1ccccc1-c1ccccn1. The minimum atomic E-state index is -2.64. The number of pyridine rings is 2. The summed E-state index contributed by atoms with van der Waals surface area (Å²) in [5, 5.41) is 2.04. The van der Waals surface area contributed by atoms with Crippen molar-refractivity contribution in [3.05, 3.63) is 132 Å². The number of nitrogens with zero attached hydrogens (tertiary/aromatic N) is 2. The number of aromatic nitrogens is 2. The van der Waals surface area contributed by atoms with Crippen LogP contribution >= 0.6 is 0 Å². The molecule has 0 saturated carbocycles. The van der Waals surface area contributed by atoms with Gasteiger partial charge in [0.15, 0.2) is 0 Å². The Morgan fingerprint density at radius 2 is 1.42 bits per heavy atom. The van der Waals surface area contributed by atoms with Crippen LogP contribution < -0.4 is 0 Å². The first-order chi connectivity index (χ1) is 20.7. The smallest absolute Gasteiger partial charge is 0.0346 e. The van der Waals surface area contributed by atoms with Gasteiger partial charge in [0.2, 0.25) is 0 Å². The zero-order valence-electron chi connectivity index (χ0n) is 28.0. The van der Waals surface area contributed by atoms with Gasteiger partial charge in [-0.3, -0.25) is 0 Å². The van der Waals surface area contributed by atoms with E-state index in [0.717, 1.165) is 16.8 Å². The molecule has 38 heavy (non-hydrogen) atoms. The number of rotatable bonds is 3. The summed E-state index contributed by atoms with van der Waals surface area (Å²) in [4.78, 5) is 8.61. The average Bonchev–Trinajstić information content (AvgIpc) is 3.00. The minimum Gasteiger partial charge on any atom is -0.305 e. The largest absolute Gasteiger partial charge is 0.305 e. The van der Waals surface area contributed by atoms with Crippen molar-refractivity contribution in [3.8, 4) is 22.5 Å². The molecule has 0 bridgehead atoms. The molecule has 0 spiro atoms. The van der Waals surface area contributed by atoms with Crippen molar-refractivity contribution in [1.82, 2.24) is 9.97 Å². The summed E-state index contributed by atoms with van der Waals surface area (Å²) >= 11 is 0. The molecule has 191 valence electrons. The molecule has 2 heterocycles. The van der Waals surface area contributed by atoms with Crippen LogP contribution in [0.3, 0.4) is 0 Å². The van der Waals surface area contributed by atoms with Crippen LogP contribution in [0.1, 0.15) is 46.0 Å². The Bertz CT molecular complexity index is 1880. The maximum absolute atomic E-state index is 8.29. The molecule has 0 aliphatic carbocycles. The minimum absolute atomic E-state index is 0. The molecule has 6 aromatic rings. The van der Waals surface area contributed by atoms with Crippen LogP contribution in [0.15, 0.2) is 103 Å². The second kappa shape index (κ2) is 12.3. The van der Waals surface area contributed by atoms with Gasteiger partial charge in [0, 0.05) is 42.1 Å². The van der Waals surface area contributed by atoms with E-state index in [-0.39, 0.29) is 31.2 Å². The molecule has 0 N–H and O–H groups in total. The van der Waals surface area contributed by atoms with Crippen molar-refractivity contribution in [2.24, 2.45) is 0 Å². The van der Waals surface area contributed by atoms with Crippen LogP contribution in [-0.4, -0.2) is 9.97 Å². The Morgan fingerprint density at radius 3 is 2.13 bits per heavy atom. The van der Waals surface area contributed by atoms with Crippen LogP contribution in [0.25, 0.3) is 44.1 Å². The second-order valence-corrected chi connectivity index (χ2v) is 8.89. The van der Waals surface area contributed by atoms with Gasteiger partial charge in [-0.1, -0.05) is 83.6 Å². The summed E-state index contributed by atoms with van der Waals surface area (Å²) in [6.45, 7) is -1.69. The quantitative estimate of drug-likeness (QED) is 0.138. The number of benzene rings is 4. The summed E-state index contributed by atoms with van der Waals surface area (Å²) in [6, 6.07) is 33.9. The van der Waals surface area contributed by atoms with Gasteiger partial charge in [-0.05, 0) is 54.1 Å². The molecule has 0 unspecified atom stereocenters. The van der Waals surface area contributed by atoms with E-state index in [1.54, 1.807) is 74.8 Å². The molecule has 6 rings (SSSR count). The van der Waals surface area contributed by atoms with Gasteiger partial charge in [-0.25, -0.2) is 0 Å². The van der Waals surface area contributed by atoms with Crippen molar-refractivity contribution in [1.29, 1.82) is 0 Å². The summed E-state index contributed by atoms with van der Waals surface area (Å²) in [6.07, 6.45) is 3.40. The van der Waals surface area contributed by atoms with Crippen LogP contribution in [0.5, 0.6) is 0 Å². The summed E-state index contributed by atoms with van der Waals surface area (Å²) in [5.41, 5.74) is 3.54. The Morgan fingerprint density at radius 1 is 0.684 bits per heavy atom. The molecule has 0 amide bonds. The Balaban J connectivity index is 0.000000296. The van der Waals surface area contributed by atoms with E-state index in [4.69, 9.17) is 9.60 Å². The molecule has 2 aromatic heterocycles. The predicted molar refractivity (Wildman–Crippen MR) is 156 cm³/mol. The topological polar surface area (TPSA) is 25.8 Å². The van der Waals surface area contributed by atoms with Crippen LogP contribution in [0, 0.1) is 25.8 Å². The van der Waals surface area contributed by atoms with E-state index in [9.17, 15) is 0 Å². The van der Waals surface area contributed by atoms with Crippen molar-refractivity contribution in [2.75, 3.05) is 0 Å². The van der Waals surface area contributed by atoms with E-state index >= 15 is 0 Å². The number of aryl methyl sites for hydroxylation is 2. The monoisotopic (exact) mass is 678 g/mol. The van der Waals surface area contributed by atoms with E-state index < -0.39 is 19.6 Å². The first-order valence-corrected chi connectivity index (χ1v) is 12.0. The molecule has 1 radical (unpaired) electrons. The molecule has 0 atom stereocenters. The standard InChI is InChI=1S/C24H22N.C11H8N.Ir/c1-15(2)18-11-12-25-24(14-18)19-9-10-22-21-8-6-5-7-20(21)16(3)17(4)23(22)13-19;1-2-6-10(7-3-1)11-8-4-5-9-12-11;/h5-8,10-15H,1-4H3;1-6,8-9H;/q2*-1;/i3D3,4D3,15D;;. The van der Waals surface area contributed by atoms with E-state index in [1.165, 1.54) is 0 Å². The first-order valence-electron chi connectivity index (χ1n) is 15.5. The molecule has 0 aliphatic rings. The fourth-order valence-corrected chi connectivity index (χ4v) is 4.24. The van der Waals surface area contributed by atoms with E-state index in [1.807, 2.05) is 42.5 Å². The molecule has 0 aliphatic heterocycles. The average molecular weight is 678 g/mol. The van der Waals surface area contributed by atoms with Gasteiger partial charge in [0.1, 0.15) is 0 Å². The zero-order chi connectivity index (χ0) is 31.7. The fraction of sp³-hybridized carbons (Fsp3) is 0.143. The van der Waals surface area contributed by atoms with Crippen LogP contribution in [0.2, 0.25) is 0 Å². The molecule has 2 nitrogen and oxygen atoms in total. The van der Waals surface area contributed by atoms with Crippen LogP contribution in [0.4, 0.5) is 0 Å². The van der Waals surface area contributed by atoms with Gasteiger partial charge in [0.05, 0.1) is 0 Å². The summed E-state index contributed by atoms with van der Waals surface area (Å²) in [5.74, 6) is -0.830. The van der Waals surface area contributed by atoms with E-state index in [0.29, 0.717) is 32.8 Å². The Labute approximate surface area is 249 Å². The predicted octanol–water partition coefficient (Wildman–Crippen LogP) is 9.14. The van der Waals surface area contributed by atoms with Gasteiger partial charge in [0.25, 0.3) is 0 Å². The molecular formula is C35H30IrN2-2. The molecule has 3 heteroatoms. The van der Waals surface area contributed by atoms with Crippen molar-refractivity contribution in [2.45, 2.75) is 33.4 Å². The third kappa shape index (κ3) is 5.75. The Kier molecular flexibility index (Phi) is 6.27. The molecule has 4 aromatic carbocycles. The van der Waals surface area contributed by atoms with Gasteiger partial charge in [-0.2, -0.15) is 0 Å². The summed E-state index contributed by atoms with van der Waals surface area (Å²) < 4.78 is 57.1. The molecule has 0 saturated heterocycles. The number of hydrogen-bond acceptors (Lipinski definition) is 2. The molecular weight excluding hydrogens is 641 g/mol. The fourth-order valence-electron chi connectivity index (χ4n) is 4.24.